The number of nitrogens with one attached hydrogen (secondary N) is 1. The first kappa shape index (κ1) is 17.2. The van der Waals surface area contributed by atoms with Gasteiger partial charge >= 0.3 is 0 Å². The number of hydrogen-bond acceptors (Lipinski definition) is 4. The third-order valence-corrected chi connectivity index (χ3v) is 5.54. The molecular formula is C22H18N2O3S. The second-order valence-electron chi connectivity index (χ2n) is 6.96. The van der Waals surface area contributed by atoms with Crippen molar-refractivity contribution in [2.45, 2.75) is 6.04 Å². The lowest BCUT2D eigenvalue weighted by Gasteiger charge is -2.33. The first-order valence-electron chi connectivity index (χ1n) is 9.19. The summed E-state index contributed by atoms with van der Waals surface area (Å²) in [6.07, 6.45) is 0. The van der Waals surface area contributed by atoms with Crippen LogP contribution in [-0.2, 0) is 4.84 Å². The molecule has 2 unspecified atom stereocenters. The second-order valence-corrected chi connectivity index (χ2v) is 7.35. The Morgan fingerprint density at radius 3 is 2.64 bits per heavy atom. The molecule has 0 radical (unpaired) electrons. The Balaban J connectivity index is 1.49. The standard InChI is InChI=1S/C22H18N2O3S/c25-21(15-7-2-1-3-8-15)23-22(28)24-20-16(13-27-24)12-26-18-11-10-14-6-4-5-9-17(14)19(18)20/h1-11,16,20H,12-13H2,(H,23,25,28). The summed E-state index contributed by atoms with van der Waals surface area (Å²) in [5.74, 6) is 0.736. The van der Waals surface area contributed by atoms with Crippen molar-refractivity contribution in [3.05, 3.63) is 77.9 Å². The molecule has 5 nitrogen and oxygen atoms in total. The van der Waals surface area contributed by atoms with Gasteiger partial charge in [0.05, 0.1) is 19.3 Å². The molecule has 1 saturated heterocycles. The van der Waals surface area contributed by atoms with Crippen molar-refractivity contribution in [1.29, 1.82) is 0 Å². The van der Waals surface area contributed by atoms with Crippen molar-refractivity contribution < 1.29 is 14.4 Å². The minimum Gasteiger partial charge on any atom is -0.493 e. The Morgan fingerprint density at radius 2 is 1.79 bits per heavy atom. The van der Waals surface area contributed by atoms with E-state index in [9.17, 15) is 4.79 Å². The van der Waals surface area contributed by atoms with Gasteiger partial charge in [-0.05, 0) is 41.2 Å². The number of nitrogens with zero attached hydrogens (tertiary/aromatic N) is 1. The predicted octanol–water partition coefficient (Wildman–Crippen LogP) is 3.85. The molecule has 28 heavy (non-hydrogen) atoms. The fourth-order valence-corrected chi connectivity index (χ4v) is 4.19. The van der Waals surface area contributed by atoms with Crippen molar-refractivity contribution in [1.82, 2.24) is 10.4 Å². The molecule has 0 aliphatic carbocycles. The molecule has 0 bridgehead atoms. The van der Waals surface area contributed by atoms with Crippen molar-refractivity contribution in [2.75, 3.05) is 13.2 Å². The number of hydrogen-bond donors (Lipinski definition) is 1. The number of benzene rings is 3. The quantitative estimate of drug-likeness (QED) is 0.640. The van der Waals surface area contributed by atoms with E-state index in [0.29, 0.717) is 18.8 Å². The molecule has 3 aromatic carbocycles. The summed E-state index contributed by atoms with van der Waals surface area (Å²) in [7, 11) is 0. The second kappa shape index (κ2) is 6.89. The molecule has 3 aromatic rings. The molecule has 2 heterocycles. The molecule has 0 aromatic heterocycles. The minimum atomic E-state index is -0.247. The van der Waals surface area contributed by atoms with Crippen molar-refractivity contribution >= 4 is 34.0 Å². The molecule has 5 rings (SSSR count). The van der Waals surface area contributed by atoms with Gasteiger partial charge in [0.25, 0.3) is 5.91 Å². The Morgan fingerprint density at radius 1 is 1.00 bits per heavy atom. The van der Waals surface area contributed by atoms with Gasteiger partial charge in [-0.3, -0.25) is 14.9 Å². The van der Waals surface area contributed by atoms with Crippen LogP contribution in [0.15, 0.2) is 66.7 Å². The Labute approximate surface area is 167 Å². The zero-order chi connectivity index (χ0) is 19.1. The first-order chi connectivity index (χ1) is 13.7. The monoisotopic (exact) mass is 390 g/mol. The number of carbonyl (C=O) groups is 1. The van der Waals surface area contributed by atoms with Crippen LogP contribution >= 0.6 is 12.2 Å². The van der Waals surface area contributed by atoms with Crippen LogP contribution in [0.25, 0.3) is 10.8 Å². The van der Waals surface area contributed by atoms with Crippen molar-refractivity contribution in [3.63, 3.8) is 0 Å². The lowest BCUT2D eigenvalue weighted by Crippen LogP contribution is -2.43. The average molecular weight is 390 g/mol. The summed E-state index contributed by atoms with van der Waals surface area (Å²) in [6.45, 7) is 1.05. The van der Waals surface area contributed by atoms with E-state index >= 15 is 0 Å². The van der Waals surface area contributed by atoms with E-state index in [-0.39, 0.29) is 23.0 Å². The highest BCUT2D eigenvalue weighted by atomic mass is 32.1. The largest absolute Gasteiger partial charge is 0.493 e. The fraction of sp³-hybridized carbons (Fsp3) is 0.182. The number of ether oxygens (including phenoxy) is 1. The van der Waals surface area contributed by atoms with Gasteiger partial charge in [-0.15, -0.1) is 0 Å². The van der Waals surface area contributed by atoms with Gasteiger partial charge in [-0.25, -0.2) is 5.06 Å². The topological polar surface area (TPSA) is 50.8 Å². The summed E-state index contributed by atoms with van der Waals surface area (Å²) >= 11 is 5.54. The van der Waals surface area contributed by atoms with E-state index in [2.05, 4.69) is 23.5 Å². The van der Waals surface area contributed by atoms with Gasteiger partial charge in [0.15, 0.2) is 0 Å². The minimum absolute atomic E-state index is 0.0987. The number of carbonyl (C=O) groups excluding carboxylic acids is 1. The highest BCUT2D eigenvalue weighted by molar-refractivity contribution is 7.80. The maximum Gasteiger partial charge on any atom is 0.257 e. The summed E-state index contributed by atoms with van der Waals surface area (Å²) in [6, 6.07) is 21.2. The highest BCUT2D eigenvalue weighted by Crippen LogP contribution is 2.46. The van der Waals surface area contributed by atoms with Gasteiger partial charge in [0.1, 0.15) is 5.75 Å². The van der Waals surface area contributed by atoms with Gasteiger partial charge in [-0.2, -0.15) is 0 Å². The van der Waals surface area contributed by atoms with Crippen LogP contribution in [0, 0.1) is 5.92 Å². The van der Waals surface area contributed by atoms with E-state index in [1.54, 1.807) is 17.2 Å². The summed E-state index contributed by atoms with van der Waals surface area (Å²) in [5.41, 5.74) is 1.61. The zero-order valence-corrected chi connectivity index (χ0v) is 15.8. The molecule has 1 N–H and O–H groups in total. The van der Waals surface area contributed by atoms with Gasteiger partial charge in [0.2, 0.25) is 5.11 Å². The van der Waals surface area contributed by atoms with Gasteiger partial charge < -0.3 is 4.74 Å². The molecule has 2 aliphatic rings. The first-order valence-corrected chi connectivity index (χ1v) is 9.60. The summed E-state index contributed by atoms with van der Waals surface area (Å²) in [4.78, 5) is 18.4. The maximum absolute atomic E-state index is 12.5. The van der Waals surface area contributed by atoms with Gasteiger partial charge in [0, 0.05) is 17.0 Å². The molecule has 140 valence electrons. The molecule has 1 amide bonds. The Kier molecular flexibility index (Phi) is 4.22. The summed E-state index contributed by atoms with van der Waals surface area (Å²) in [5, 5.41) is 6.98. The normalized spacial score (nSPS) is 20.2. The highest BCUT2D eigenvalue weighted by Gasteiger charge is 2.44. The molecule has 2 atom stereocenters. The van der Waals surface area contributed by atoms with Crippen molar-refractivity contribution in [3.8, 4) is 5.75 Å². The maximum atomic E-state index is 12.5. The third-order valence-electron chi connectivity index (χ3n) is 5.26. The number of hydroxylamine groups is 2. The molecule has 6 heteroatoms. The number of thiocarbonyl (C=S) groups is 1. The average Bonchev–Trinajstić information content (AvgIpc) is 3.18. The van der Waals surface area contributed by atoms with E-state index in [1.165, 1.54) is 0 Å². The smallest absolute Gasteiger partial charge is 0.257 e. The summed E-state index contributed by atoms with van der Waals surface area (Å²) < 4.78 is 5.99. The lowest BCUT2D eigenvalue weighted by molar-refractivity contribution is -0.0663. The van der Waals surface area contributed by atoms with Crippen LogP contribution in [0.3, 0.4) is 0 Å². The number of rotatable bonds is 1. The van der Waals surface area contributed by atoms with E-state index < -0.39 is 0 Å². The van der Waals surface area contributed by atoms with Crippen LogP contribution in [0.2, 0.25) is 0 Å². The molecule has 0 spiro atoms. The molecular weight excluding hydrogens is 372 g/mol. The number of amides is 1. The molecule has 0 saturated carbocycles. The van der Waals surface area contributed by atoms with Crippen molar-refractivity contribution in [2.24, 2.45) is 5.92 Å². The lowest BCUT2D eigenvalue weighted by atomic mass is 9.88. The number of fused-ring (bicyclic) bond motifs is 5. The Hall–Kier alpha value is -2.96. The predicted molar refractivity (Wildman–Crippen MR) is 110 cm³/mol. The molecule has 1 fully saturated rings. The van der Waals surface area contributed by atoms with Crippen LogP contribution < -0.4 is 10.1 Å². The Bertz CT molecular complexity index is 1070. The van der Waals surface area contributed by atoms with E-state index in [0.717, 1.165) is 22.1 Å². The van der Waals surface area contributed by atoms with E-state index in [1.807, 2.05) is 36.4 Å². The van der Waals surface area contributed by atoms with Crippen LogP contribution in [-0.4, -0.2) is 29.3 Å². The fourth-order valence-electron chi connectivity index (χ4n) is 3.93. The van der Waals surface area contributed by atoms with Crippen LogP contribution in [0.1, 0.15) is 22.0 Å². The van der Waals surface area contributed by atoms with Crippen LogP contribution in [0.4, 0.5) is 0 Å². The molecule has 2 aliphatic heterocycles. The SMILES string of the molecule is O=C(NC(=S)N1OCC2COc3ccc4ccccc4c3C21)c1ccccc1. The van der Waals surface area contributed by atoms with Crippen LogP contribution in [0.5, 0.6) is 5.75 Å². The third kappa shape index (κ3) is 2.82. The van der Waals surface area contributed by atoms with Gasteiger partial charge in [-0.1, -0.05) is 48.5 Å². The zero-order valence-electron chi connectivity index (χ0n) is 15.0. The van der Waals surface area contributed by atoms with E-state index in [4.69, 9.17) is 21.8 Å².